The molecule has 1 N–H and O–H groups in total. The highest BCUT2D eigenvalue weighted by Gasteiger charge is 2.18. The van der Waals surface area contributed by atoms with E-state index in [9.17, 15) is 13.6 Å². The summed E-state index contributed by atoms with van der Waals surface area (Å²) in [6.45, 7) is 0.346. The molecular formula is C20H14F2O3. The smallest absolute Gasteiger partial charge is 0.338 e. The van der Waals surface area contributed by atoms with Crippen molar-refractivity contribution in [3.8, 4) is 16.9 Å². The summed E-state index contributed by atoms with van der Waals surface area (Å²) in [6, 6.07) is 18.4. The molecule has 0 unspecified atom stereocenters. The number of benzene rings is 3. The number of carboxylic acids is 1. The quantitative estimate of drug-likeness (QED) is 0.718. The van der Waals surface area contributed by atoms with E-state index >= 15 is 0 Å². The van der Waals surface area contributed by atoms with Gasteiger partial charge in [-0.25, -0.2) is 13.6 Å². The van der Waals surface area contributed by atoms with Gasteiger partial charge in [-0.3, -0.25) is 0 Å². The van der Waals surface area contributed by atoms with E-state index in [1.165, 1.54) is 6.07 Å². The molecule has 3 rings (SSSR count). The predicted molar refractivity (Wildman–Crippen MR) is 89.5 cm³/mol. The summed E-state index contributed by atoms with van der Waals surface area (Å²) in [5.74, 6) is -3.58. The van der Waals surface area contributed by atoms with E-state index in [-0.39, 0.29) is 5.56 Å². The third-order valence-electron chi connectivity index (χ3n) is 3.71. The lowest BCUT2D eigenvalue weighted by Crippen LogP contribution is -2.04. The van der Waals surface area contributed by atoms with Crippen LogP contribution >= 0.6 is 0 Å². The van der Waals surface area contributed by atoms with Crippen molar-refractivity contribution < 1.29 is 23.4 Å². The van der Waals surface area contributed by atoms with E-state index in [2.05, 4.69) is 0 Å². The molecular weight excluding hydrogens is 326 g/mol. The minimum absolute atomic E-state index is 0.0207. The molecule has 25 heavy (non-hydrogen) atoms. The fraction of sp³-hybridized carbons (Fsp3) is 0.0500. The second-order valence-corrected chi connectivity index (χ2v) is 5.40. The summed E-state index contributed by atoms with van der Waals surface area (Å²) >= 11 is 0. The van der Waals surface area contributed by atoms with Crippen LogP contribution in [0.3, 0.4) is 0 Å². The van der Waals surface area contributed by atoms with Crippen LogP contribution in [0.5, 0.6) is 5.75 Å². The maximum absolute atomic E-state index is 14.2. The van der Waals surface area contributed by atoms with E-state index in [4.69, 9.17) is 9.84 Å². The van der Waals surface area contributed by atoms with Gasteiger partial charge < -0.3 is 9.84 Å². The summed E-state index contributed by atoms with van der Waals surface area (Å²) < 4.78 is 33.8. The molecule has 0 radical (unpaired) electrons. The molecule has 126 valence electrons. The maximum Gasteiger partial charge on any atom is 0.338 e. The van der Waals surface area contributed by atoms with E-state index in [0.29, 0.717) is 17.9 Å². The topological polar surface area (TPSA) is 46.5 Å². The lowest BCUT2D eigenvalue weighted by molar-refractivity contribution is 0.0690. The van der Waals surface area contributed by atoms with Crippen LogP contribution in [0.25, 0.3) is 11.1 Å². The molecule has 0 aromatic heterocycles. The van der Waals surface area contributed by atoms with Crippen LogP contribution in [0.1, 0.15) is 15.9 Å². The van der Waals surface area contributed by atoms with Crippen molar-refractivity contribution in [2.45, 2.75) is 6.61 Å². The minimum atomic E-state index is -1.51. The Balaban J connectivity index is 1.87. The summed E-state index contributed by atoms with van der Waals surface area (Å²) in [6.07, 6.45) is 0. The number of aromatic carboxylic acids is 1. The zero-order valence-electron chi connectivity index (χ0n) is 13.1. The van der Waals surface area contributed by atoms with E-state index in [1.54, 1.807) is 24.3 Å². The highest BCUT2D eigenvalue weighted by Crippen LogP contribution is 2.29. The van der Waals surface area contributed by atoms with Gasteiger partial charge in [-0.15, -0.1) is 0 Å². The second-order valence-electron chi connectivity index (χ2n) is 5.40. The van der Waals surface area contributed by atoms with Gasteiger partial charge in [-0.05, 0) is 29.3 Å². The standard InChI is InChI=1S/C20H14F2O3/c21-18-16(9-10-17(19(18)22)20(23)24)14-7-4-8-15(11-14)25-12-13-5-2-1-3-6-13/h1-11H,12H2,(H,23,24). The predicted octanol–water partition coefficient (Wildman–Crippen LogP) is 4.91. The number of rotatable bonds is 5. The van der Waals surface area contributed by atoms with E-state index in [1.807, 2.05) is 30.3 Å². The average Bonchev–Trinajstić information content (AvgIpc) is 2.63. The molecule has 0 spiro atoms. The Morgan fingerprint density at radius 3 is 2.40 bits per heavy atom. The molecule has 0 aliphatic carbocycles. The molecule has 0 heterocycles. The molecule has 0 saturated heterocycles. The first-order valence-electron chi connectivity index (χ1n) is 7.54. The van der Waals surface area contributed by atoms with Crippen LogP contribution in [0.4, 0.5) is 8.78 Å². The maximum atomic E-state index is 14.2. The van der Waals surface area contributed by atoms with Crippen molar-refractivity contribution in [2.24, 2.45) is 0 Å². The molecule has 5 heteroatoms. The second kappa shape index (κ2) is 7.13. The number of hydrogen-bond acceptors (Lipinski definition) is 2. The third kappa shape index (κ3) is 3.66. The van der Waals surface area contributed by atoms with E-state index in [0.717, 1.165) is 11.6 Å². The molecule has 0 amide bonds. The zero-order chi connectivity index (χ0) is 17.8. The number of ether oxygens (including phenoxy) is 1. The molecule has 0 atom stereocenters. The Bertz CT molecular complexity index is 908. The van der Waals surface area contributed by atoms with Crippen LogP contribution in [0.2, 0.25) is 0 Å². The molecule has 3 aromatic carbocycles. The summed E-state index contributed by atoms with van der Waals surface area (Å²) in [7, 11) is 0. The van der Waals surface area contributed by atoms with Crippen molar-refractivity contribution in [1.29, 1.82) is 0 Å². The molecule has 0 bridgehead atoms. The fourth-order valence-electron chi connectivity index (χ4n) is 2.43. The lowest BCUT2D eigenvalue weighted by Gasteiger charge is -2.10. The van der Waals surface area contributed by atoms with Crippen molar-refractivity contribution >= 4 is 5.97 Å². The Labute approximate surface area is 143 Å². The average molecular weight is 340 g/mol. The number of carbonyl (C=O) groups is 1. The Kier molecular flexibility index (Phi) is 4.75. The van der Waals surface area contributed by atoms with Gasteiger partial charge in [0.1, 0.15) is 12.4 Å². The van der Waals surface area contributed by atoms with Crippen LogP contribution in [0, 0.1) is 11.6 Å². The largest absolute Gasteiger partial charge is 0.489 e. The molecule has 0 saturated carbocycles. The molecule has 0 aliphatic heterocycles. The summed E-state index contributed by atoms with van der Waals surface area (Å²) in [5.41, 5.74) is 0.667. The lowest BCUT2D eigenvalue weighted by atomic mass is 10.0. The van der Waals surface area contributed by atoms with Gasteiger partial charge in [0.25, 0.3) is 0 Å². The van der Waals surface area contributed by atoms with Gasteiger partial charge in [0.05, 0.1) is 5.56 Å². The summed E-state index contributed by atoms with van der Waals surface area (Å²) in [4.78, 5) is 10.9. The Hall–Kier alpha value is -3.21. The van der Waals surface area contributed by atoms with Gasteiger partial charge in [-0.2, -0.15) is 0 Å². The van der Waals surface area contributed by atoms with Crippen LogP contribution in [-0.2, 0) is 6.61 Å². The first-order valence-corrected chi connectivity index (χ1v) is 7.54. The first kappa shape index (κ1) is 16.6. The van der Waals surface area contributed by atoms with Gasteiger partial charge in [-0.1, -0.05) is 48.5 Å². The van der Waals surface area contributed by atoms with Crippen LogP contribution in [0.15, 0.2) is 66.7 Å². The van der Waals surface area contributed by atoms with Gasteiger partial charge in [0.2, 0.25) is 0 Å². The van der Waals surface area contributed by atoms with Crippen LogP contribution < -0.4 is 4.74 Å². The first-order chi connectivity index (χ1) is 12.1. The van der Waals surface area contributed by atoms with Gasteiger partial charge in [0.15, 0.2) is 11.6 Å². The highest BCUT2D eigenvalue weighted by molar-refractivity contribution is 5.88. The number of carboxylic acid groups (broad SMARTS) is 1. The van der Waals surface area contributed by atoms with Crippen molar-refractivity contribution in [3.63, 3.8) is 0 Å². The molecule has 0 aliphatic rings. The number of halogens is 2. The normalized spacial score (nSPS) is 10.5. The molecule has 3 aromatic rings. The van der Waals surface area contributed by atoms with Crippen molar-refractivity contribution in [3.05, 3.63) is 89.5 Å². The summed E-state index contributed by atoms with van der Waals surface area (Å²) in [5, 5.41) is 8.85. The monoisotopic (exact) mass is 340 g/mol. The van der Waals surface area contributed by atoms with Crippen molar-refractivity contribution in [1.82, 2.24) is 0 Å². The fourth-order valence-corrected chi connectivity index (χ4v) is 2.43. The van der Waals surface area contributed by atoms with Crippen molar-refractivity contribution in [2.75, 3.05) is 0 Å². The molecule has 0 fully saturated rings. The van der Waals surface area contributed by atoms with E-state index < -0.39 is 23.2 Å². The molecule has 3 nitrogen and oxygen atoms in total. The number of hydrogen-bond donors (Lipinski definition) is 1. The zero-order valence-corrected chi connectivity index (χ0v) is 13.1. The Morgan fingerprint density at radius 1 is 0.920 bits per heavy atom. The Morgan fingerprint density at radius 2 is 1.68 bits per heavy atom. The highest BCUT2D eigenvalue weighted by atomic mass is 19.2. The van der Waals surface area contributed by atoms with Crippen LogP contribution in [-0.4, -0.2) is 11.1 Å². The van der Waals surface area contributed by atoms with Gasteiger partial charge >= 0.3 is 5.97 Å². The SMILES string of the molecule is O=C(O)c1ccc(-c2cccc(OCc3ccccc3)c2)c(F)c1F. The third-order valence-corrected chi connectivity index (χ3v) is 3.71. The minimum Gasteiger partial charge on any atom is -0.489 e. The van der Waals surface area contributed by atoms with Gasteiger partial charge in [0, 0.05) is 5.56 Å².